The molecule has 0 fully saturated rings. The maximum absolute atomic E-state index is 14.3. The lowest BCUT2D eigenvalue weighted by Crippen LogP contribution is -2.22. The molecular weight excluding hydrogens is 437 g/mol. The third-order valence-corrected chi connectivity index (χ3v) is 5.39. The van der Waals surface area contributed by atoms with Crippen molar-refractivity contribution in [1.29, 1.82) is 0 Å². The van der Waals surface area contributed by atoms with Crippen molar-refractivity contribution in [2.75, 3.05) is 5.32 Å². The Labute approximate surface area is 192 Å². The number of para-hydroxylation sites is 1. The van der Waals surface area contributed by atoms with Crippen molar-refractivity contribution in [3.63, 3.8) is 0 Å². The van der Waals surface area contributed by atoms with Gasteiger partial charge >= 0.3 is 0 Å². The number of aryl methyl sites for hydroxylation is 2. The Hall–Kier alpha value is -4.73. The fourth-order valence-corrected chi connectivity index (χ4v) is 3.72. The number of halogens is 1. The lowest BCUT2D eigenvalue weighted by Gasteiger charge is -2.12. The number of nitrogens with zero attached hydrogens (tertiary/aromatic N) is 6. The molecular formula is C24H18FN7O2. The number of carbonyl (C=O) groups excluding carboxylic acids is 1. The van der Waals surface area contributed by atoms with Gasteiger partial charge in [-0.2, -0.15) is 4.68 Å². The third kappa shape index (κ3) is 3.71. The molecule has 0 aliphatic heterocycles. The van der Waals surface area contributed by atoms with E-state index in [1.807, 2.05) is 6.07 Å². The molecule has 2 heterocycles. The fourth-order valence-electron chi connectivity index (χ4n) is 3.72. The quantitative estimate of drug-likeness (QED) is 0.445. The molecule has 9 nitrogen and oxygen atoms in total. The zero-order valence-electron chi connectivity index (χ0n) is 18.2. The van der Waals surface area contributed by atoms with E-state index in [1.54, 1.807) is 56.3 Å². The zero-order chi connectivity index (χ0) is 23.8. The second-order valence-corrected chi connectivity index (χ2v) is 7.62. The zero-order valence-corrected chi connectivity index (χ0v) is 18.2. The van der Waals surface area contributed by atoms with Gasteiger partial charge in [-0.3, -0.25) is 14.2 Å². The van der Waals surface area contributed by atoms with Crippen LogP contribution < -0.4 is 10.9 Å². The molecule has 5 rings (SSSR count). The molecule has 1 N–H and O–H groups in total. The largest absolute Gasteiger partial charge is 0.322 e. The van der Waals surface area contributed by atoms with Crippen LogP contribution in [0.15, 0.2) is 71.5 Å². The molecule has 0 unspecified atom stereocenters. The molecule has 0 aliphatic rings. The maximum atomic E-state index is 14.3. The molecule has 0 spiro atoms. The van der Waals surface area contributed by atoms with E-state index in [0.29, 0.717) is 39.5 Å². The second kappa shape index (κ2) is 8.32. The molecule has 5 aromatic rings. The van der Waals surface area contributed by atoms with Crippen LogP contribution in [0.1, 0.15) is 22.0 Å². The molecule has 0 radical (unpaired) electrons. The summed E-state index contributed by atoms with van der Waals surface area (Å²) in [5.74, 6) is 0.0325. The number of tetrazole rings is 1. The Morgan fingerprint density at radius 2 is 1.74 bits per heavy atom. The predicted molar refractivity (Wildman–Crippen MR) is 124 cm³/mol. The highest BCUT2D eigenvalue weighted by atomic mass is 19.1. The topological polar surface area (TPSA) is 108 Å². The number of fused-ring (bicyclic) bond motifs is 1. The van der Waals surface area contributed by atoms with E-state index in [9.17, 15) is 14.0 Å². The molecule has 0 saturated heterocycles. The number of aromatic nitrogens is 6. The first-order valence-corrected chi connectivity index (χ1v) is 10.4. The van der Waals surface area contributed by atoms with Crippen molar-refractivity contribution >= 4 is 22.5 Å². The summed E-state index contributed by atoms with van der Waals surface area (Å²) in [4.78, 5) is 30.3. The van der Waals surface area contributed by atoms with Gasteiger partial charge in [0, 0.05) is 11.3 Å². The molecule has 168 valence electrons. The first kappa shape index (κ1) is 21.1. The van der Waals surface area contributed by atoms with Crippen molar-refractivity contribution in [3.05, 3.63) is 100 Å². The highest BCUT2D eigenvalue weighted by Gasteiger charge is 2.14. The molecule has 0 atom stereocenters. The Bertz CT molecular complexity index is 1610. The van der Waals surface area contributed by atoms with Crippen molar-refractivity contribution < 1.29 is 9.18 Å². The number of anilines is 1. The lowest BCUT2D eigenvalue weighted by molar-refractivity contribution is 0.102. The molecule has 2 aromatic heterocycles. The standard InChI is InChI=1S/C24H18FN7O2/c1-14-26-21-6-4-3-5-19(21)24(34)31(14)18-10-7-16(8-11-18)23(33)27-17-9-12-20(25)22(13-17)32-15(2)28-29-30-32/h3-13H,1-2H3,(H,27,33). The van der Waals surface area contributed by atoms with E-state index in [-0.39, 0.29) is 11.2 Å². The van der Waals surface area contributed by atoms with Crippen LogP contribution >= 0.6 is 0 Å². The first-order valence-electron chi connectivity index (χ1n) is 10.4. The molecule has 3 aromatic carbocycles. The normalized spacial score (nSPS) is 11.0. The van der Waals surface area contributed by atoms with Crippen molar-refractivity contribution in [2.45, 2.75) is 13.8 Å². The van der Waals surface area contributed by atoms with E-state index in [2.05, 4.69) is 25.8 Å². The molecule has 0 saturated carbocycles. The summed E-state index contributed by atoms with van der Waals surface area (Å²) >= 11 is 0. The Morgan fingerprint density at radius 1 is 0.971 bits per heavy atom. The van der Waals surface area contributed by atoms with Crippen LogP contribution in [0.2, 0.25) is 0 Å². The van der Waals surface area contributed by atoms with Crippen LogP contribution in [0.3, 0.4) is 0 Å². The van der Waals surface area contributed by atoms with Crippen LogP contribution in [-0.4, -0.2) is 35.7 Å². The number of carbonyl (C=O) groups is 1. The van der Waals surface area contributed by atoms with E-state index >= 15 is 0 Å². The van der Waals surface area contributed by atoms with Gasteiger partial charge < -0.3 is 5.32 Å². The Kier molecular flexibility index (Phi) is 5.17. The fraction of sp³-hybridized carbons (Fsp3) is 0.0833. The van der Waals surface area contributed by atoms with Gasteiger partial charge in [0.15, 0.2) is 5.82 Å². The number of rotatable bonds is 4. The van der Waals surface area contributed by atoms with Crippen LogP contribution in [0.4, 0.5) is 10.1 Å². The number of hydrogen-bond donors (Lipinski definition) is 1. The summed E-state index contributed by atoms with van der Waals surface area (Å²) in [6.45, 7) is 3.40. The number of hydrogen-bond acceptors (Lipinski definition) is 6. The van der Waals surface area contributed by atoms with Gasteiger partial charge in [-0.1, -0.05) is 12.1 Å². The Balaban J connectivity index is 1.42. The first-order chi connectivity index (χ1) is 16.4. The van der Waals surface area contributed by atoms with Gasteiger partial charge in [0.25, 0.3) is 11.5 Å². The van der Waals surface area contributed by atoms with Gasteiger partial charge in [0.05, 0.1) is 16.6 Å². The third-order valence-electron chi connectivity index (χ3n) is 5.39. The van der Waals surface area contributed by atoms with Gasteiger partial charge in [-0.25, -0.2) is 9.37 Å². The highest BCUT2D eigenvalue weighted by molar-refractivity contribution is 6.04. The molecule has 0 bridgehead atoms. The summed E-state index contributed by atoms with van der Waals surface area (Å²) in [6.07, 6.45) is 0. The minimum atomic E-state index is -0.525. The van der Waals surface area contributed by atoms with Gasteiger partial charge in [-0.15, -0.1) is 5.10 Å². The summed E-state index contributed by atoms with van der Waals surface area (Å²) in [6, 6.07) is 17.9. The van der Waals surface area contributed by atoms with E-state index in [4.69, 9.17) is 0 Å². The van der Waals surface area contributed by atoms with E-state index in [1.165, 1.54) is 27.4 Å². The number of benzene rings is 3. The maximum Gasteiger partial charge on any atom is 0.265 e. The van der Waals surface area contributed by atoms with Gasteiger partial charge in [0.1, 0.15) is 17.3 Å². The minimum Gasteiger partial charge on any atom is -0.322 e. The SMILES string of the molecule is Cc1nnnn1-c1cc(NC(=O)c2ccc(-n3c(C)nc4ccccc4c3=O)cc2)ccc1F. The summed E-state index contributed by atoms with van der Waals surface area (Å²) in [5, 5.41) is 14.3. The van der Waals surface area contributed by atoms with Crippen molar-refractivity contribution in [3.8, 4) is 11.4 Å². The van der Waals surface area contributed by atoms with Gasteiger partial charge in [0.2, 0.25) is 0 Å². The number of amides is 1. The smallest absolute Gasteiger partial charge is 0.265 e. The lowest BCUT2D eigenvalue weighted by atomic mass is 10.1. The molecule has 10 heteroatoms. The van der Waals surface area contributed by atoms with Crippen LogP contribution in [0.25, 0.3) is 22.3 Å². The van der Waals surface area contributed by atoms with E-state index < -0.39 is 11.7 Å². The van der Waals surface area contributed by atoms with Gasteiger partial charge in [-0.05, 0) is 78.9 Å². The molecule has 0 aliphatic carbocycles. The van der Waals surface area contributed by atoms with Crippen LogP contribution in [-0.2, 0) is 0 Å². The Morgan fingerprint density at radius 3 is 2.47 bits per heavy atom. The summed E-state index contributed by atoms with van der Waals surface area (Å²) in [7, 11) is 0. The highest BCUT2D eigenvalue weighted by Crippen LogP contribution is 2.20. The molecule has 34 heavy (non-hydrogen) atoms. The van der Waals surface area contributed by atoms with Crippen LogP contribution in [0.5, 0.6) is 0 Å². The predicted octanol–water partition coefficient (Wildman–Crippen LogP) is 3.37. The average molecular weight is 455 g/mol. The summed E-state index contributed by atoms with van der Waals surface area (Å²) in [5.41, 5.74) is 1.91. The molecule has 1 amide bonds. The van der Waals surface area contributed by atoms with Crippen LogP contribution in [0, 0.1) is 19.7 Å². The van der Waals surface area contributed by atoms with E-state index in [0.717, 1.165) is 0 Å². The minimum absolute atomic E-state index is 0.120. The summed E-state index contributed by atoms with van der Waals surface area (Å²) < 4.78 is 17.0. The number of nitrogens with one attached hydrogen (secondary N) is 1. The second-order valence-electron chi connectivity index (χ2n) is 7.62. The van der Waals surface area contributed by atoms with Crippen molar-refractivity contribution in [1.82, 2.24) is 29.8 Å². The monoisotopic (exact) mass is 455 g/mol. The average Bonchev–Trinajstić information content (AvgIpc) is 3.26. The van der Waals surface area contributed by atoms with Crippen molar-refractivity contribution in [2.24, 2.45) is 0 Å².